The molecule has 1 aromatic carbocycles. The van der Waals surface area contributed by atoms with Crippen molar-refractivity contribution < 1.29 is 4.79 Å². The molecule has 0 saturated carbocycles. The van der Waals surface area contributed by atoms with Gasteiger partial charge >= 0.3 is 0 Å². The van der Waals surface area contributed by atoms with Crippen molar-refractivity contribution in [2.24, 2.45) is 0 Å². The fraction of sp³-hybridized carbons (Fsp3) is 0.462. The first-order chi connectivity index (χ1) is 8.11. The molecule has 0 N–H and O–H groups in total. The number of amides is 1. The average molecular weight is 253 g/mol. The summed E-state index contributed by atoms with van der Waals surface area (Å²) in [5.74, 6) is 0.176. The number of benzene rings is 1. The molecule has 0 aromatic heterocycles. The van der Waals surface area contributed by atoms with Gasteiger partial charge in [0.25, 0.3) is 0 Å². The highest BCUT2D eigenvalue weighted by Gasteiger charge is 2.23. The summed E-state index contributed by atoms with van der Waals surface area (Å²) in [6.07, 6.45) is 1.50. The normalized spacial score (nSPS) is 14.6. The Hall–Kier alpha value is -1.06. The van der Waals surface area contributed by atoms with Crippen molar-refractivity contribution >= 4 is 23.2 Å². The Labute approximate surface area is 107 Å². The molecule has 0 unspecified atom stereocenters. The van der Waals surface area contributed by atoms with Crippen LogP contribution in [0.15, 0.2) is 18.2 Å². The molecule has 17 heavy (non-hydrogen) atoms. The highest BCUT2D eigenvalue weighted by Crippen LogP contribution is 2.28. The zero-order valence-electron chi connectivity index (χ0n) is 10.2. The van der Waals surface area contributed by atoms with Crippen molar-refractivity contribution in [2.75, 3.05) is 31.5 Å². The lowest BCUT2D eigenvalue weighted by molar-refractivity contribution is -0.117. The van der Waals surface area contributed by atoms with Gasteiger partial charge in [0, 0.05) is 19.3 Å². The van der Waals surface area contributed by atoms with Gasteiger partial charge in [-0.1, -0.05) is 12.1 Å². The van der Waals surface area contributed by atoms with Gasteiger partial charge in [0.05, 0.1) is 12.4 Å². The molecule has 0 aliphatic carbocycles. The van der Waals surface area contributed by atoms with Gasteiger partial charge in [-0.05, 0) is 30.7 Å². The first-order valence-corrected chi connectivity index (χ1v) is 6.28. The van der Waals surface area contributed by atoms with Gasteiger partial charge in [0.1, 0.15) is 0 Å². The molecule has 92 valence electrons. The number of anilines is 1. The van der Waals surface area contributed by atoms with Crippen molar-refractivity contribution in [3.63, 3.8) is 0 Å². The van der Waals surface area contributed by atoms with E-state index in [0.717, 1.165) is 24.2 Å². The molecule has 1 heterocycles. The Balaban J connectivity index is 2.08. The first kappa shape index (κ1) is 12.4. The summed E-state index contributed by atoms with van der Waals surface area (Å²) in [6, 6.07) is 6.82. The standard InChI is InChI=1S/C13H17ClN2O/c1-15(9-14)6-5-10-3-4-12-11(7-10)8-13(17)16(12)2/h3-4,7H,5-6,8-9H2,1-2H3. The maximum absolute atomic E-state index is 11.6. The molecule has 0 bridgehead atoms. The summed E-state index contributed by atoms with van der Waals surface area (Å²) < 4.78 is 0. The van der Waals surface area contributed by atoms with Crippen LogP contribution in [0.4, 0.5) is 5.69 Å². The predicted octanol–water partition coefficient (Wildman–Crippen LogP) is 1.88. The predicted molar refractivity (Wildman–Crippen MR) is 70.6 cm³/mol. The Morgan fingerprint density at radius 2 is 2.24 bits per heavy atom. The summed E-state index contributed by atoms with van der Waals surface area (Å²) in [5, 5.41) is 0. The summed E-state index contributed by atoms with van der Waals surface area (Å²) in [4.78, 5) is 15.3. The minimum Gasteiger partial charge on any atom is -0.315 e. The van der Waals surface area contributed by atoms with E-state index in [4.69, 9.17) is 11.6 Å². The van der Waals surface area contributed by atoms with Crippen LogP contribution in [0.2, 0.25) is 0 Å². The molecule has 1 amide bonds. The Morgan fingerprint density at radius 3 is 2.94 bits per heavy atom. The molecule has 1 aliphatic heterocycles. The molecule has 0 fully saturated rings. The van der Waals surface area contributed by atoms with Gasteiger partial charge in [0.2, 0.25) is 5.91 Å². The third kappa shape index (κ3) is 2.61. The van der Waals surface area contributed by atoms with Crippen molar-refractivity contribution in [3.05, 3.63) is 29.3 Å². The fourth-order valence-electron chi connectivity index (χ4n) is 2.06. The molecule has 2 rings (SSSR count). The molecule has 0 radical (unpaired) electrons. The molecule has 1 aromatic rings. The minimum atomic E-state index is 0.176. The van der Waals surface area contributed by atoms with Gasteiger partial charge in [-0.15, -0.1) is 11.6 Å². The molecular weight excluding hydrogens is 236 g/mol. The van der Waals surface area contributed by atoms with Crippen LogP contribution in [-0.2, 0) is 17.6 Å². The van der Waals surface area contributed by atoms with E-state index in [9.17, 15) is 4.79 Å². The maximum Gasteiger partial charge on any atom is 0.231 e. The molecule has 1 aliphatic rings. The van der Waals surface area contributed by atoms with Gasteiger partial charge < -0.3 is 4.90 Å². The van der Waals surface area contributed by atoms with Gasteiger partial charge in [0.15, 0.2) is 0 Å². The molecule has 0 spiro atoms. The smallest absolute Gasteiger partial charge is 0.231 e. The summed E-state index contributed by atoms with van der Waals surface area (Å²) in [6.45, 7) is 0.937. The number of carbonyl (C=O) groups is 1. The van der Waals surface area contributed by atoms with Gasteiger partial charge in [-0.3, -0.25) is 9.69 Å². The maximum atomic E-state index is 11.6. The van der Waals surface area contributed by atoms with Crippen molar-refractivity contribution in [2.45, 2.75) is 12.8 Å². The van der Waals surface area contributed by atoms with Crippen LogP contribution in [0.5, 0.6) is 0 Å². The van der Waals surface area contributed by atoms with Crippen molar-refractivity contribution in [1.29, 1.82) is 0 Å². The largest absolute Gasteiger partial charge is 0.315 e. The van der Waals surface area contributed by atoms with Crippen LogP contribution < -0.4 is 4.90 Å². The van der Waals surface area contributed by atoms with Crippen molar-refractivity contribution in [3.8, 4) is 0 Å². The van der Waals surface area contributed by atoms with Crippen LogP contribution in [0.1, 0.15) is 11.1 Å². The number of fused-ring (bicyclic) bond motifs is 1. The van der Waals surface area contributed by atoms with Crippen LogP contribution in [0.3, 0.4) is 0 Å². The Bertz CT molecular complexity index is 433. The van der Waals surface area contributed by atoms with Gasteiger partial charge in [-0.2, -0.15) is 0 Å². The SMILES string of the molecule is CN(CCl)CCc1ccc2c(c1)CC(=O)N2C. The third-order valence-corrected chi connectivity index (χ3v) is 3.62. The van der Waals surface area contributed by atoms with E-state index in [2.05, 4.69) is 17.0 Å². The number of carbonyl (C=O) groups excluding carboxylic acids is 1. The van der Waals surface area contributed by atoms with E-state index in [1.54, 1.807) is 4.90 Å². The molecular formula is C13H17ClN2O. The van der Waals surface area contributed by atoms with E-state index >= 15 is 0 Å². The summed E-state index contributed by atoms with van der Waals surface area (Å²) in [5.41, 5.74) is 3.46. The van der Waals surface area contributed by atoms with Crippen LogP contribution >= 0.6 is 11.6 Å². The molecule has 0 saturated heterocycles. The monoisotopic (exact) mass is 252 g/mol. The topological polar surface area (TPSA) is 23.6 Å². The Morgan fingerprint density at radius 1 is 1.47 bits per heavy atom. The number of rotatable bonds is 4. The number of hydrogen-bond donors (Lipinski definition) is 0. The van der Waals surface area contributed by atoms with Gasteiger partial charge in [-0.25, -0.2) is 0 Å². The fourth-order valence-corrected chi connectivity index (χ4v) is 2.18. The number of halogens is 1. The molecule has 0 atom stereocenters. The number of hydrogen-bond acceptors (Lipinski definition) is 2. The van der Waals surface area contributed by atoms with Crippen LogP contribution in [0, 0.1) is 0 Å². The second-order valence-corrected chi connectivity index (χ2v) is 4.78. The number of likely N-dealkylation sites (N-methyl/N-ethyl adjacent to an activating group) is 2. The average Bonchev–Trinajstić information content (AvgIpc) is 2.62. The summed E-state index contributed by atoms with van der Waals surface area (Å²) >= 11 is 5.72. The Kier molecular flexibility index (Phi) is 3.69. The highest BCUT2D eigenvalue weighted by atomic mass is 35.5. The third-order valence-electron chi connectivity index (χ3n) is 3.21. The zero-order valence-corrected chi connectivity index (χ0v) is 11.0. The van der Waals surface area contributed by atoms with E-state index in [-0.39, 0.29) is 5.91 Å². The van der Waals surface area contributed by atoms with Crippen molar-refractivity contribution in [1.82, 2.24) is 4.90 Å². The van der Waals surface area contributed by atoms with E-state index in [0.29, 0.717) is 12.4 Å². The highest BCUT2D eigenvalue weighted by molar-refractivity contribution is 6.17. The van der Waals surface area contributed by atoms with E-state index in [1.165, 1.54) is 5.56 Å². The minimum absolute atomic E-state index is 0.176. The lowest BCUT2D eigenvalue weighted by atomic mass is 10.1. The first-order valence-electron chi connectivity index (χ1n) is 5.74. The summed E-state index contributed by atoms with van der Waals surface area (Å²) in [7, 11) is 3.83. The lowest BCUT2D eigenvalue weighted by Gasteiger charge is -2.13. The molecule has 3 nitrogen and oxygen atoms in total. The van der Waals surface area contributed by atoms with E-state index < -0.39 is 0 Å². The quantitative estimate of drug-likeness (QED) is 0.603. The zero-order chi connectivity index (χ0) is 12.4. The van der Waals surface area contributed by atoms with Crippen LogP contribution in [-0.4, -0.2) is 37.5 Å². The number of alkyl halides is 1. The van der Waals surface area contributed by atoms with Crippen LogP contribution in [0.25, 0.3) is 0 Å². The lowest BCUT2D eigenvalue weighted by Crippen LogP contribution is -2.20. The second kappa shape index (κ2) is 5.07. The van der Waals surface area contributed by atoms with E-state index in [1.807, 2.05) is 20.2 Å². The second-order valence-electron chi connectivity index (χ2n) is 4.54. The number of nitrogens with zero attached hydrogens (tertiary/aromatic N) is 2. The molecule has 4 heteroatoms.